The Labute approximate surface area is 337 Å². The zero-order valence-electron chi connectivity index (χ0n) is 34.4. The number of fused-ring (bicyclic) bond motifs is 7. The molecule has 5 aliphatic carbocycles. The zero-order valence-corrected chi connectivity index (χ0v) is 34.4. The van der Waals surface area contributed by atoms with Gasteiger partial charge in [-0.1, -0.05) is 47.1 Å². The van der Waals surface area contributed by atoms with Crippen molar-refractivity contribution in [3.05, 3.63) is 11.6 Å². The molecule has 58 heavy (non-hydrogen) atoms. The summed E-state index contributed by atoms with van der Waals surface area (Å²) in [7, 11) is 0. The lowest BCUT2D eigenvalue weighted by Crippen LogP contribution is -2.68. The van der Waals surface area contributed by atoms with Crippen LogP contribution >= 0.6 is 0 Å². The van der Waals surface area contributed by atoms with Crippen LogP contribution in [0.5, 0.6) is 0 Å². The molecule has 4 saturated carbocycles. The Kier molecular flexibility index (Phi) is 10.7. The van der Waals surface area contributed by atoms with Crippen molar-refractivity contribution >= 4 is 23.7 Å². The molecule has 19 atom stereocenters. The van der Waals surface area contributed by atoms with Gasteiger partial charge >= 0.3 is 17.9 Å². The fraction of sp³-hybridized carbons (Fsp3) is 0.857. The molecule has 0 radical (unpaired) electrons. The Morgan fingerprint density at radius 2 is 1.28 bits per heavy atom. The SMILES string of the molecule is CC1(C)[C@@H](O[C@@H]2O[C@@H](C(=O)O)[C@H](O)[C@@H](O)[C@@H]2O[C@H]2O[C@@H](C(=O)O)[C@H](O)[C@@H](O)[C@@H]2O)CC[C@@]2(C)[C@H]1CC[C@]1(C)[C@H]2C(=O)C=C2[C@@H]3C[C@@](C)(C(=O)O)CC[C@]3(C)CC[C@]21C. The summed E-state index contributed by atoms with van der Waals surface area (Å²) < 4.78 is 23.4. The summed E-state index contributed by atoms with van der Waals surface area (Å²) in [5, 5.41) is 83.0. The van der Waals surface area contributed by atoms with Gasteiger partial charge in [-0.25, -0.2) is 9.59 Å². The second kappa shape index (κ2) is 14.3. The van der Waals surface area contributed by atoms with E-state index in [1.807, 2.05) is 26.8 Å². The first-order chi connectivity index (χ1) is 26.8. The van der Waals surface area contributed by atoms with Gasteiger partial charge in [0.05, 0.1) is 11.5 Å². The van der Waals surface area contributed by atoms with Crippen LogP contribution in [0.2, 0.25) is 0 Å². The quantitative estimate of drug-likeness (QED) is 0.171. The number of rotatable bonds is 7. The second-order valence-electron chi connectivity index (χ2n) is 20.6. The van der Waals surface area contributed by atoms with Gasteiger partial charge in [0.25, 0.3) is 0 Å². The molecule has 0 aromatic heterocycles. The van der Waals surface area contributed by atoms with Gasteiger partial charge in [-0.2, -0.15) is 0 Å². The highest BCUT2D eigenvalue weighted by atomic mass is 16.8. The first-order valence-corrected chi connectivity index (χ1v) is 20.7. The van der Waals surface area contributed by atoms with Crippen LogP contribution in [0.3, 0.4) is 0 Å². The van der Waals surface area contributed by atoms with Gasteiger partial charge in [-0.05, 0) is 110 Å². The molecule has 0 bridgehead atoms. The Balaban J connectivity index is 1.17. The predicted molar refractivity (Wildman–Crippen MR) is 199 cm³/mol. The molecule has 2 saturated heterocycles. The highest BCUT2D eigenvalue weighted by Crippen LogP contribution is 2.75. The van der Waals surface area contributed by atoms with Gasteiger partial charge in [-0.15, -0.1) is 0 Å². The summed E-state index contributed by atoms with van der Waals surface area (Å²) in [5.74, 6) is -4.47. The number of carbonyl (C=O) groups excluding carboxylic acids is 1. The summed E-state index contributed by atoms with van der Waals surface area (Å²) in [6.07, 6.45) is -12.2. The third-order valence-corrected chi connectivity index (χ3v) is 17.2. The summed E-state index contributed by atoms with van der Waals surface area (Å²) in [6, 6.07) is 0. The molecule has 2 heterocycles. The molecule has 8 N–H and O–H groups in total. The summed E-state index contributed by atoms with van der Waals surface area (Å²) in [5.41, 5.74) is -1.81. The molecule has 6 fully saturated rings. The van der Waals surface area contributed by atoms with E-state index in [1.54, 1.807) is 0 Å². The van der Waals surface area contributed by atoms with E-state index in [0.717, 1.165) is 37.7 Å². The number of ether oxygens (including phenoxy) is 4. The zero-order chi connectivity index (χ0) is 42.9. The number of allylic oxidation sites excluding steroid dienone is 2. The van der Waals surface area contributed by atoms with Crippen LogP contribution in [0.15, 0.2) is 11.6 Å². The standard InChI is InChI=1S/C42H62O16/c1-37(2)21-8-11-42(7)31(20(43)16-18-19-17-39(4,36(53)54)13-12-38(19,3)14-15-41(18,42)6)40(21,5)10-9-22(37)55-35-30(26(47)25(46)29(57-35)33(51)52)58-34-27(48)23(44)24(45)28(56-34)32(49)50/h16,19,21-31,34-35,44-48H,8-15,17H2,1-7H3,(H,49,50)(H,51,52)(H,53,54)/t19-,21-,22-,23+,24+,25+,26+,27-,28+,29+,30-,31-,34+,35+,38+,39-,40-,41+,42+/m0/s1. The third kappa shape index (κ3) is 6.25. The molecule has 326 valence electrons. The Hall–Kier alpha value is -2.54. The van der Waals surface area contributed by atoms with Crippen LogP contribution in [0.4, 0.5) is 0 Å². The van der Waals surface area contributed by atoms with Crippen LogP contribution in [-0.4, -0.2) is 132 Å². The third-order valence-electron chi connectivity index (χ3n) is 17.2. The molecule has 0 aromatic rings. The van der Waals surface area contributed by atoms with E-state index in [9.17, 15) is 60.0 Å². The molecule has 16 nitrogen and oxygen atoms in total. The average Bonchev–Trinajstić information content (AvgIpc) is 3.13. The molecule has 7 rings (SSSR count). The van der Waals surface area contributed by atoms with E-state index in [0.29, 0.717) is 25.7 Å². The number of ketones is 1. The van der Waals surface area contributed by atoms with Crippen molar-refractivity contribution < 1.29 is 79.0 Å². The number of aliphatic hydroxyl groups excluding tert-OH is 5. The van der Waals surface area contributed by atoms with Gasteiger partial charge in [0, 0.05) is 5.92 Å². The van der Waals surface area contributed by atoms with Crippen molar-refractivity contribution in [3.8, 4) is 0 Å². The van der Waals surface area contributed by atoms with Gasteiger partial charge in [-0.3, -0.25) is 9.59 Å². The molecular formula is C42H62O16. The fourth-order valence-electron chi connectivity index (χ4n) is 13.4. The molecule has 7 aliphatic rings. The smallest absolute Gasteiger partial charge is 0.335 e. The van der Waals surface area contributed by atoms with E-state index in [-0.39, 0.29) is 34.4 Å². The second-order valence-corrected chi connectivity index (χ2v) is 20.6. The van der Waals surface area contributed by atoms with Crippen molar-refractivity contribution in [2.45, 2.75) is 174 Å². The highest BCUT2D eigenvalue weighted by Gasteiger charge is 2.71. The average molecular weight is 823 g/mol. The molecule has 0 aromatic carbocycles. The maximum atomic E-state index is 14.8. The van der Waals surface area contributed by atoms with Crippen LogP contribution in [0, 0.1) is 50.2 Å². The number of aliphatic hydroxyl groups is 5. The van der Waals surface area contributed by atoms with Gasteiger partial charge < -0.3 is 59.8 Å². The molecule has 16 heteroatoms. The largest absolute Gasteiger partial charge is 0.481 e. The Bertz CT molecular complexity index is 1730. The Morgan fingerprint density at radius 1 is 0.690 bits per heavy atom. The van der Waals surface area contributed by atoms with E-state index in [1.165, 1.54) is 0 Å². The topological polar surface area (TPSA) is 267 Å². The minimum Gasteiger partial charge on any atom is -0.481 e. The summed E-state index contributed by atoms with van der Waals surface area (Å²) >= 11 is 0. The molecular weight excluding hydrogens is 760 g/mol. The Morgan fingerprint density at radius 3 is 1.88 bits per heavy atom. The number of carboxylic acids is 3. The molecule has 2 aliphatic heterocycles. The van der Waals surface area contributed by atoms with Gasteiger partial charge in [0.1, 0.15) is 36.6 Å². The number of aliphatic carboxylic acids is 3. The molecule has 0 amide bonds. The van der Waals surface area contributed by atoms with E-state index >= 15 is 0 Å². The van der Waals surface area contributed by atoms with E-state index in [2.05, 4.69) is 27.7 Å². The lowest BCUT2D eigenvalue weighted by Gasteiger charge is -2.70. The normalized spacial score (nSPS) is 52.6. The number of carboxylic acid groups (broad SMARTS) is 3. The minimum absolute atomic E-state index is 0.0217. The maximum Gasteiger partial charge on any atom is 0.335 e. The first kappa shape index (κ1) is 43.5. The number of carbonyl (C=O) groups is 4. The monoisotopic (exact) mass is 822 g/mol. The lowest BCUT2D eigenvalue weighted by molar-refractivity contribution is -0.371. The van der Waals surface area contributed by atoms with Crippen LogP contribution in [-0.2, 0) is 38.1 Å². The first-order valence-electron chi connectivity index (χ1n) is 20.7. The summed E-state index contributed by atoms with van der Waals surface area (Å²) in [6.45, 7) is 14.8. The lowest BCUT2D eigenvalue weighted by atomic mass is 9.33. The van der Waals surface area contributed by atoms with Crippen molar-refractivity contribution in [1.29, 1.82) is 0 Å². The summed E-state index contributed by atoms with van der Waals surface area (Å²) in [4.78, 5) is 51.3. The fourth-order valence-corrected chi connectivity index (χ4v) is 13.4. The predicted octanol–water partition coefficient (Wildman–Crippen LogP) is 2.25. The minimum atomic E-state index is -2.05. The number of hydrogen-bond acceptors (Lipinski definition) is 13. The number of hydrogen-bond donors (Lipinski definition) is 8. The molecule has 0 unspecified atom stereocenters. The van der Waals surface area contributed by atoms with Crippen LogP contribution < -0.4 is 0 Å². The van der Waals surface area contributed by atoms with Crippen molar-refractivity contribution in [2.75, 3.05) is 0 Å². The highest BCUT2D eigenvalue weighted by molar-refractivity contribution is 5.95. The van der Waals surface area contributed by atoms with E-state index < -0.39 is 107 Å². The van der Waals surface area contributed by atoms with Crippen molar-refractivity contribution in [2.24, 2.45) is 50.2 Å². The molecule has 0 spiro atoms. The van der Waals surface area contributed by atoms with Gasteiger partial charge in [0.15, 0.2) is 30.6 Å². The van der Waals surface area contributed by atoms with Crippen LogP contribution in [0.1, 0.15) is 106 Å². The van der Waals surface area contributed by atoms with E-state index in [4.69, 9.17) is 18.9 Å². The van der Waals surface area contributed by atoms with Crippen molar-refractivity contribution in [3.63, 3.8) is 0 Å². The maximum absolute atomic E-state index is 14.8. The van der Waals surface area contributed by atoms with Crippen LogP contribution in [0.25, 0.3) is 0 Å². The van der Waals surface area contributed by atoms with Gasteiger partial charge in [0.2, 0.25) is 0 Å². The van der Waals surface area contributed by atoms with Crippen molar-refractivity contribution in [1.82, 2.24) is 0 Å².